The summed E-state index contributed by atoms with van der Waals surface area (Å²) in [5.74, 6) is -0.390. The van der Waals surface area contributed by atoms with Gasteiger partial charge < -0.3 is 10.2 Å². The second-order valence-electron chi connectivity index (χ2n) is 6.92. The van der Waals surface area contributed by atoms with E-state index in [0.717, 1.165) is 22.5 Å². The molecule has 148 valence electrons. The zero-order valence-corrected chi connectivity index (χ0v) is 16.6. The van der Waals surface area contributed by atoms with E-state index in [9.17, 15) is 9.59 Å². The van der Waals surface area contributed by atoms with Crippen LogP contribution in [0, 0.1) is 13.8 Å². The molecule has 1 heterocycles. The molecule has 0 aliphatic rings. The van der Waals surface area contributed by atoms with Crippen LogP contribution in [-0.2, 0) is 11.3 Å². The highest BCUT2D eigenvalue weighted by Crippen LogP contribution is 2.12. The number of aromatic nitrogens is 2. The van der Waals surface area contributed by atoms with Crippen molar-refractivity contribution in [1.29, 1.82) is 0 Å². The predicted molar refractivity (Wildman–Crippen MR) is 112 cm³/mol. The van der Waals surface area contributed by atoms with Crippen molar-refractivity contribution in [1.82, 2.24) is 14.9 Å². The summed E-state index contributed by atoms with van der Waals surface area (Å²) in [5.41, 5.74) is 3.87. The van der Waals surface area contributed by atoms with Gasteiger partial charge in [0.15, 0.2) is 0 Å². The molecule has 0 saturated carbocycles. The number of carbonyl (C=O) groups excluding carboxylic acids is 2. The first kappa shape index (κ1) is 20.2. The highest BCUT2D eigenvalue weighted by molar-refractivity contribution is 5.93. The van der Waals surface area contributed by atoms with E-state index in [1.54, 1.807) is 11.1 Å². The number of aryl methyl sites for hydroxylation is 2. The summed E-state index contributed by atoms with van der Waals surface area (Å²) in [7, 11) is 0. The minimum absolute atomic E-state index is 0.144. The van der Waals surface area contributed by atoms with Gasteiger partial charge in [-0.3, -0.25) is 14.6 Å². The number of carbonyl (C=O) groups is 2. The Bertz CT molecular complexity index is 954. The van der Waals surface area contributed by atoms with Crippen molar-refractivity contribution in [2.45, 2.75) is 26.8 Å². The second kappa shape index (κ2) is 9.59. The van der Waals surface area contributed by atoms with Crippen LogP contribution in [0.5, 0.6) is 0 Å². The normalized spacial score (nSPS) is 10.4. The van der Waals surface area contributed by atoms with E-state index >= 15 is 0 Å². The van der Waals surface area contributed by atoms with Crippen molar-refractivity contribution in [2.24, 2.45) is 0 Å². The van der Waals surface area contributed by atoms with E-state index in [-0.39, 0.29) is 30.5 Å². The van der Waals surface area contributed by atoms with Crippen molar-refractivity contribution >= 4 is 17.5 Å². The summed E-state index contributed by atoms with van der Waals surface area (Å²) in [6.07, 6.45) is 3.23. The molecular formula is C23H24N4O2. The lowest BCUT2D eigenvalue weighted by Gasteiger charge is -2.22. The van der Waals surface area contributed by atoms with E-state index < -0.39 is 0 Å². The topological polar surface area (TPSA) is 75.2 Å². The number of anilines is 1. The van der Waals surface area contributed by atoms with Gasteiger partial charge >= 0.3 is 0 Å². The van der Waals surface area contributed by atoms with Gasteiger partial charge in [-0.15, -0.1) is 0 Å². The third-order valence-electron chi connectivity index (χ3n) is 4.45. The Balaban J connectivity index is 1.68. The fourth-order valence-electron chi connectivity index (χ4n) is 2.82. The number of nitrogens with one attached hydrogen (secondary N) is 1. The maximum Gasteiger partial charge on any atom is 0.274 e. The third-order valence-corrected chi connectivity index (χ3v) is 4.45. The second-order valence-corrected chi connectivity index (χ2v) is 6.92. The van der Waals surface area contributed by atoms with Crippen LogP contribution in [-0.4, -0.2) is 33.2 Å². The highest BCUT2D eigenvalue weighted by atomic mass is 16.2. The molecule has 2 aromatic carbocycles. The molecular weight excluding hydrogens is 364 g/mol. The van der Waals surface area contributed by atoms with Gasteiger partial charge in [-0.25, -0.2) is 4.98 Å². The lowest BCUT2D eigenvalue weighted by Crippen LogP contribution is -2.34. The number of benzene rings is 2. The van der Waals surface area contributed by atoms with E-state index in [2.05, 4.69) is 15.3 Å². The maximum absolute atomic E-state index is 13.0. The van der Waals surface area contributed by atoms with Crippen LogP contribution >= 0.6 is 0 Å². The van der Waals surface area contributed by atoms with Crippen LogP contribution in [0.25, 0.3) is 0 Å². The summed E-state index contributed by atoms with van der Waals surface area (Å²) in [6.45, 7) is 4.49. The number of hydrogen-bond donors (Lipinski definition) is 1. The Morgan fingerprint density at radius 2 is 1.66 bits per heavy atom. The van der Waals surface area contributed by atoms with Gasteiger partial charge in [0, 0.05) is 31.4 Å². The summed E-state index contributed by atoms with van der Waals surface area (Å²) in [4.78, 5) is 35.3. The molecule has 0 aliphatic carbocycles. The smallest absolute Gasteiger partial charge is 0.274 e. The summed E-state index contributed by atoms with van der Waals surface area (Å²) in [5, 5.41) is 2.87. The van der Waals surface area contributed by atoms with E-state index in [4.69, 9.17) is 0 Å². The lowest BCUT2D eigenvalue weighted by molar-refractivity contribution is -0.116. The first-order valence-corrected chi connectivity index (χ1v) is 9.49. The number of hydrogen-bond acceptors (Lipinski definition) is 4. The molecule has 0 unspecified atom stereocenters. The lowest BCUT2D eigenvalue weighted by atomic mass is 10.2. The zero-order chi connectivity index (χ0) is 20.6. The largest absolute Gasteiger partial charge is 0.332 e. The van der Waals surface area contributed by atoms with Crippen LogP contribution in [0.4, 0.5) is 5.69 Å². The third kappa shape index (κ3) is 5.97. The standard InChI is InChI=1S/C23H24N4O2/c1-17-8-10-20(11-9-17)26-22(28)12-13-27(16-19-6-4-3-5-7-19)23(29)21-15-24-18(2)14-25-21/h3-11,14-15H,12-13,16H2,1-2H3,(H,26,28). The molecule has 3 aromatic rings. The molecule has 0 atom stereocenters. The molecule has 6 nitrogen and oxygen atoms in total. The molecule has 0 bridgehead atoms. The Morgan fingerprint density at radius 3 is 2.31 bits per heavy atom. The van der Waals surface area contributed by atoms with Gasteiger partial charge in [0.25, 0.3) is 5.91 Å². The van der Waals surface area contributed by atoms with Crippen LogP contribution < -0.4 is 5.32 Å². The fraction of sp³-hybridized carbons (Fsp3) is 0.217. The first-order valence-electron chi connectivity index (χ1n) is 9.49. The van der Waals surface area contributed by atoms with Crippen molar-refractivity contribution in [3.63, 3.8) is 0 Å². The van der Waals surface area contributed by atoms with Crippen LogP contribution in [0.3, 0.4) is 0 Å². The van der Waals surface area contributed by atoms with Crippen LogP contribution in [0.1, 0.15) is 33.7 Å². The van der Waals surface area contributed by atoms with Crippen LogP contribution in [0.15, 0.2) is 67.0 Å². The molecule has 0 saturated heterocycles. The SMILES string of the molecule is Cc1ccc(NC(=O)CCN(Cc2ccccc2)C(=O)c2cnc(C)cn2)cc1. The van der Waals surface area contributed by atoms with Crippen molar-refractivity contribution in [2.75, 3.05) is 11.9 Å². The van der Waals surface area contributed by atoms with E-state index in [1.165, 1.54) is 6.20 Å². The summed E-state index contributed by atoms with van der Waals surface area (Å²) >= 11 is 0. The van der Waals surface area contributed by atoms with Crippen LogP contribution in [0.2, 0.25) is 0 Å². The Labute approximate surface area is 170 Å². The number of amides is 2. The van der Waals surface area contributed by atoms with Gasteiger partial charge in [0.1, 0.15) is 5.69 Å². The molecule has 0 fully saturated rings. The molecule has 1 N–H and O–H groups in total. The molecule has 0 radical (unpaired) electrons. The van der Waals surface area contributed by atoms with Crippen molar-refractivity contribution in [3.05, 3.63) is 89.5 Å². The Kier molecular flexibility index (Phi) is 6.68. The highest BCUT2D eigenvalue weighted by Gasteiger charge is 2.19. The van der Waals surface area contributed by atoms with Gasteiger partial charge in [0.2, 0.25) is 5.91 Å². The van der Waals surface area contributed by atoms with E-state index in [1.807, 2.05) is 68.4 Å². The quantitative estimate of drug-likeness (QED) is 0.669. The Morgan fingerprint density at radius 1 is 0.931 bits per heavy atom. The van der Waals surface area contributed by atoms with Gasteiger partial charge in [0.05, 0.1) is 11.9 Å². The average Bonchev–Trinajstić information content (AvgIpc) is 2.73. The fourth-order valence-corrected chi connectivity index (χ4v) is 2.82. The monoisotopic (exact) mass is 388 g/mol. The molecule has 2 amide bonds. The molecule has 6 heteroatoms. The first-order chi connectivity index (χ1) is 14.0. The predicted octanol–water partition coefficient (Wildman–Crippen LogP) is 3.76. The number of rotatable bonds is 7. The summed E-state index contributed by atoms with van der Waals surface area (Å²) < 4.78 is 0. The molecule has 3 rings (SSSR count). The van der Waals surface area contributed by atoms with Crippen molar-refractivity contribution in [3.8, 4) is 0 Å². The minimum Gasteiger partial charge on any atom is -0.332 e. The average molecular weight is 388 g/mol. The van der Waals surface area contributed by atoms with Gasteiger partial charge in [-0.2, -0.15) is 0 Å². The maximum atomic E-state index is 13.0. The molecule has 0 aliphatic heterocycles. The number of nitrogens with zero attached hydrogens (tertiary/aromatic N) is 3. The van der Waals surface area contributed by atoms with Gasteiger partial charge in [-0.1, -0.05) is 48.0 Å². The Hall–Kier alpha value is -3.54. The van der Waals surface area contributed by atoms with E-state index in [0.29, 0.717) is 6.54 Å². The molecule has 29 heavy (non-hydrogen) atoms. The molecule has 0 spiro atoms. The zero-order valence-electron chi connectivity index (χ0n) is 16.6. The van der Waals surface area contributed by atoms with Crippen molar-refractivity contribution < 1.29 is 9.59 Å². The minimum atomic E-state index is -0.246. The molecule has 1 aromatic heterocycles. The summed E-state index contributed by atoms with van der Waals surface area (Å²) in [6, 6.07) is 17.3. The van der Waals surface area contributed by atoms with Gasteiger partial charge in [-0.05, 0) is 31.5 Å².